The van der Waals surface area contributed by atoms with Gasteiger partial charge in [0.2, 0.25) is 5.91 Å². The molecule has 3 aliphatic rings. The van der Waals surface area contributed by atoms with E-state index < -0.39 is 28.7 Å². The monoisotopic (exact) mass is 554 g/mol. The maximum absolute atomic E-state index is 14.7. The predicted octanol–water partition coefficient (Wildman–Crippen LogP) is 4.44. The van der Waals surface area contributed by atoms with Crippen LogP contribution < -0.4 is 4.90 Å². The zero-order valence-electron chi connectivity index (χ0n) is 23.6. The number of carbonyl (C=O) groups is 3. The molecular formula is C31H42N2O5S. The molecule has 0 aromatic heterocycles. The minimum absolute atomic E-state index is 0.0667. The van der Waals surface area contributed by atoms with Crippen molar-refractivity contribution in [1.29, 1.82) is 0 Å². The number of benzene rings is 1. The largest absolute Gasteiger partial charge is 0.465 e. The van der Waals surface area contributed by atoms with E-state index in [0.29, 0.717) is 12.8 Å². The van der Waals surface area contributed by atoms with Gasteiger partial charge in [0.05, 0.1) is 35.8 Å². The van der Waals surface area contributed by atoms with Crippen LogP contribution in [0.25, 0.3) is 0 Å². The first kappa shape index (κ1) is 29.4. The summed E-state index contributed by atoms with van der Waals surface area (Å²) in [5, 5.41) is 10.4. The van der Waals surface area contributed by atoms with Crippen molar-refractivity contribution in [2.75, 3.05) is 24.7 Å². The van der Waals surface area contributed by atoms with Gasteiger partial charge in [-0.1, -0.05) is 44.2 Å². The molecule has 1 spiro atoms. The summed E-state index contributed by atoms with van der Waals surface area (Å²) in [5.41, 5.74) is 2.74. The molecule has 3 aliphatic heterocycles. The lowest BCUT2D eigenvalue weighted by Crippen LogP contribution is -2.58. The van der Waals surface area contributed by atoms with Crippen LogP contribution >= 0.6 is 11.8 Å². The Morgan fingerprint density at radius 3 is 2.54 bits per heavy atom. The minimum atomic E-state index is -0.804. The highest BCUT2D eigenvalue weighted by atomic mass is 32.2. The SMILES string of the molecule is C=CCCCOC(=O)[C@@H]1[C@H]2C(=O)N([C@@H](CO)C(C)C)C(C(=O)N(CC=C)c3c(C)cccc3C)C23CC[C@H]1S3. The number of aryl methyl sites for hydroxylation is 2. The molecule has 0 saturated carbocycles. The number of carbonyl (C=O) groups excluding carboxylic acids is 3. The maximum atomic E-state index is 14.7. The molecule has 6 atom stereocenters. The Hall–Kier alpha value is -2.58. The highest BCUT2D eigenvalue weighted by molar-refractivity contribution is 8.02. The number of rotatable bonds is 12. The molecule has 3 heterocycles. The number of aliphatic hydroxyl groups excluding tert-OH is 1. The Kier molecular flexibility index (Phi) is 8.96. The van der Waals surface area contributed by atoms with Crippen LogP contribution in [0.5, 0.6) is 0 Å². The molecule has 212 valence electrons. The van der Waals surface area contributed by atoms with Gasteiger partial charge in [-0.05, 0) is 56.6 Å². The van der Waals surface area contributed by atoms with Gasteiger partial charge < -0.3 is 19.6 Å². The number of unbranched alkanes of at least 4 members (excludes halogenated alkanes) is 1. The van der Waals surface area contributed by atoms with Crippen molar-refractivity contribution in [3.05, 3.63) is 54.6 Å². The Bertz CT molecular complexity index is 1120. The van der Waals surface area contributed by atoms with E-state index in [2.05, 4.69) is 13.2 Å². The first-order chi connectivity index (χ1) is 18.6. The third kappa shape index (κ3) is 4.95. The zero-order valence-corrected chi connectivity index (χ0v) is 24.4. The molecule has 1 N–H and O–H groups in total. The fourth-order valence-electron chi connectivity index (χ4n) is 6.91. The van der Waals surface area contributed by atoms with Crippen LogP contribution in [0, 0.1) is 31.6 Å². The van der Waals surface area contributed by atoms with E-state index in [1.807, 2.05) is 45.9 Å². The van der Waals surface area contributed by atoms with Crippen molar-refractivity contribution in [2.24, 2.45) is 17.8 Å². The summed E-state index contributed by atoms with van der Waals surface area (Å²) in [6.45, 7) is 15.8. The van der Waals surface area contributed by atoms with Gasteiger partial charge in [0.15, 0.2) is 0 Å². The van der Waals surface area contributed by atoms with Crippen LogP contribution in [0.15, 0.2) is 43.5 Å². The van der Waals surface area contributed by atoms with Crippen LogP contribution in [0.3, 0.4) is 0 Å². The zero-order chi connectivity index (χ0) is 28.5. The Morgan fingerprint density at radius 2 is 1.95 bits per heavy atom. The lowest BCUT2D eigenvalue weighted by Gasteiger charge is -2.41. The van der Waals surface area contributed by atoms with Crippen LogP contribution in [-0.4, -0.2) is 69.6 Å². The molecule has 1 aromatic rings. The van der Waals surface area contributed by atoms with Crippen molar-refractivity contribution >= 4 is 35.2 Å². The third-order valence-corrected chi connectivity index (χ3v) is 10.6. The van der Waals surface area contributed by atoms with Crippen LogP contribution in [-0.2, 0) is 19.1 Å². The lowest BCUT2D eigenvalue weighted by molar-refractivity contribution is -0.154. The molecule has 3 fully saturated rings. The van der Waals surface area contributed by atoms with Gasteiger partial charge in [-0.25, -0.2) is 0 Å². The average Bonchev–Trinajstić information content (AvgIpc) is 3.53. The lowest BCUT2D eigenvalue weighted by atomic mass is 9.71. The normalized spacial score (nSPS) is 27.9. The molecular weight excluding hydrogens is 512 g/mol. The van der Waals surface area contributed by atoms with Crippen LogP contribution in [0.2, 0.25) is 0 Å². The maximum Gasteiger partial charge on any atom is 0.310 e. The molecule has 0 radical (unpaired) electrons. The summed E-state index contributed by atoms with van der Waals surface area (Å²) in [5.74, 6) is -2.09. The van der Waals surface area contributed by atoms with Crippen LogP contribution in [0.1, 0.15) is 50.7 Å². The van der Waals surface area contributed by atoms with E-state index in [4.69, 9.17) is 4.74 Å². The number of amides is 2. The predicted molar refractivity (Wildman–Crippen MR) is 156 cm³/mol. The summed E-state index contributed by atoms with van der Waals surface area (Å²) in [7, 11) is 0. The summed E-state index contributed by atoms with van der Waals surface area (Å²) in [4.78, 5) is 45.8. The number of hydrogen-bond acceptors (Lipinski definition) is 6. The Labute approximate surface area is 236 Å². The summed E-state index contributed by atoms with van der Waals surface area (Å²) >= 11 is 1.62. The van der Waals surface area contributed by atoms with Crippen molar-refractivity contribution in [1.82, 2.24) is 4.90 Å². The van der Waals surface area contributed by atoms with E-state index in [1.165, 1.54) is 0 Å². The molecule has 0 aliphatic carbocycles. The van der Waals surface area contributed by atoms with Crippen molar-refractivity contribution in [3.63, 3.8) is 0 Å². The second-order valence-corrected chi connectivity index (χ2v) is 13.0. The number of para-hydroxylation sites is 1. The van der Waals surface area contributed by atoms with Gasteiger partial charge in [-0.15, -0.1) is 24.9 Å². The van der Waals surface area contributed by atoms with E-state index in [-0.39, 0.29) is 48.7 Å². The molecule has 2 amide bonds. The molecule has 2 bridgehead atoms. The summed E-state index contributed by atoms with van der Waals surface area (Å²) in [6, 6.07) is 4.57. The summed E-state index contributed by atoms with van der Waals surface area (Å²) < 4.78 is 4.91. The van der Waals surface area contributed by atoms with Crippen molar-refractivity contribution in [2.45, 2.75) is 75.5 Å². The topological polar surface area (TPSA) is 87.1 Å². The fraction of sp³-hybridized carbons (Fsp3) is 0.581. The van der Waals surface area contributed by atoms with Gasteiger partial charge in [-0.2, -0.15) is 0 Å². The second kappa shape index (κ2) is 11.9. The number of esters is 1. The van der Waals surface area contributed by atoms with E-state index in [0.717, 1.165) is 29.7 Å². The number of aliphatic hydroxyl groups is 1. The van der Waals surface area contributed by atoms with E-state index in [9.17, 15) is 19.5 Å². The number of anilines is 1. The van der Waals surface area contributed by atoms with Gasteiger partial charge in [0.1, 0.15) is 6.04 Å². The van der Waals surface area contributed by atoms with E-state index >= 15 is 0 Å². The minimum Gasteiger partial charge on any atom is -0.465 e. The molecule has 1 aromatic carbocycles. The Morgan fingerprint density at radius 1 is 1.26 bits per heavy atom. The molecule has 7 nitrogen and oxygen atoms in total. The highest BCUT2D eigenvalue weighted by Gasteiger charge is 2.75. The first-order valence-corrected chi connectivity index (χ1v) is 14.9. The van der Waals surface area contributed by atoms with Gasteiger partial charge in [0, 0.05) is 17.5 Å². The number of nitrogens with zero attached hydrogens (tertiary/aromatic N) is 2. The molecule has 39 heavy (non-hydrogen) atoms. The van der Waals surface area contributed by atoms with E-state index in [1.54, 1.807) is 33.7 Å². The number of thioether (sulfide) groups is 1. The quantitative estimate of drug-likeness (QED) is 0.234. The highest BCUT2D eigenvalue weighted by Crippen LogP contribution is 2.67. The Balaban J connectivity index is 1.79. The number of ether oxygens (including phenoxy) is 1. The third-order valence-electron chi connectivity index (χ3n) is 8.64. The number of hydrogen-bond donors (Lipinski definition) is 1. The number of likely N-dealkylation sites (tertiary alicyclic amines) is 1. The molecule has 8 heteroatoms. The smallest absolute Gasteiger partial charge is 0.310 e. The van der Waals surface area contributed by atoms with Gasteiger partial charge >= 0.3 is 5.97 Å². The van der Waals surface area contributed by atoms with Gasteiger partial charge in [0.25, 0.3) is 5.91 Å². The standard InChI is InChI=1S/C31H42N2O5S/c1-7-9-10-17-38-30(37)24-23-14-15-31(39-23)25(24)28(35)33(22(18-34)19(3)4)27(31)29(36)32(16-8-2)26-20(5)12-11-13-21(26)6/h7-8,11-13,19,22-25,27,34H,1-2,9-10,14-18H2,3-6H3/t22-,23+,24-,25-,27?,31?/m0/s1. The molecule has 2 unspecified atom stereocenters. The summed E-state index contributed by atoms with van der Waals surface area (Å²) in [6.07, 6.45) is 6.33. The number of allylic oxidation sites excluding steroid dienone is 1. The first-order valence-electron chi connectivity index (χ1n) is 14.0. The van der Waals surface area contributed by atoms with Gasteiger partial charge in [-0.3, -0.25) is 14.4 Å². The second-order valence-electron chi connectivity index (χ2n) is 11.4. The fourth-order valence-corrected chi connectivity index (χ4v) is 9.10. The molecule has 4 rings (SSSR count). The van der Waals surface area contributed by atoms with Crippen molar-refractivity contribution in [3.8, 4) is 0 Å². The molecule has 3 saturated heterocycles. The van der Waals surface area contributed by atoms with Crippen molar-refractivity contribution < 1.29 is 24.2 Å². The average molecular weight is 555 g/mol. The van der Waals surface area contributed by atoms with Crippen LogP contribution in [0.4, 0.5) is 5.69 Å². The number of fused-ring (bicyclic) bond motifs is 1.